The number of halogens is 1. The van der Waals surface area contributed by atoms with Crippen LogP contribution in [0.2, 0.25) is 0 Å². The molecule has 0 amide bonds. The number of anilines is 1. The zero-order valence-electron chi connectivity index (χ0n) is 17.0. The van der Waals surface area contributed by atoms with Crippen LogP contribution in [0.5, 0.6) is 0 Å². The van der Waals surface area contributed by atoms with Gasteiger partial charge in [0, 0.05) is 36.9 Å². The number of hydrogen-bond acceptors (Lipinski definition) is 4. The summed E-state index contributed by atoms with van der Waals surface area (Å²) >= 11 is 0. The molecule has 152 valence electrons. The van der Waals surface area contributed by atoms with Crippen molar-refractivity contribution in [3.63, 3.8) is 0 Å². The largest absolute Gasteiger partial charge is 0.357 e. The molecule has 29 heavy (non-hydrogen) atoms. The molecule has 6 nitrogen and oxygen atoms in total. The van der Waals surface area contributed by atoms with Crippen molar-refractivity contribution in [2.24, 2.45) is 4.99 Å². The summed E-state index contributed by atoms with van der Waals surface area (Å²) < 4.78 is 14.1. The number of nitrogens with zero attached hydrogens (tertiary/aromatic N) is 4. The highest BCUT2D eigenvalue weighted by Crippen LogP contribution is 2.18. The van der Waals surface area contributed by atoms with Crippen LogP contribution in [0, 0.1) is 24.1 Å². The SMILES string of the molecule is CCNC(=NCc1ccc(C#N)cc1F)NC1CCN(c2cccc(C)n2)CC1. The lowest BCUT2D eigenvalue weighted by atomic mass is 10.1. The van der Waals surface area contributed by atoms with E-state index in [2.05, 4.69) is 31.6 Å². The van der Waals surface area contributed by atoms with Crippen molar-refractivity contribution < 1.29 is 4.39 Å². The minimum absolute atomic E-state index is 0.221. The standard InChI is InChI=1S/C22H27FN6/c1-3-25-22(26-15-18-8-7-17(14-24)13-20(18)23)28-19-9-11-29(12-10-19)21-6-4-5-16(2)27-21/h4-8,13,19H,3,9-12,15H2,1-2H3,(H2,25,26,28). The second kappa shape index (κ2) is 9.87. The Morgan fingerprint density at radius 2 is 2.10 bits per heavy atom. The molecule has 7 heteroatoms. The first kappa shape index (κ1) is 20.6. The van der Waals surface area contributed by atoms with Gasteiger partial charge in [-0.3, -0.25) is 0 Å². The molecule has 1 aromatic carbocycles. The van der Waals surface area contributed by atoms with E-state index in [1.807, 2.05) is 32.0 Å². The van der Waals surface area contributed by atoms with Gasteiger partial charge in [0.2, 0.25) is 0 Å². The van der Waals surface area contributed by atoms with Crippen LogP contribution in [0.15, 0.2) is 41.4 Å². The predicted molar refractivity (Wildman–Crippen MR) is 113 cm³/mol. The van der Waals surface area contributed by atoms with Gasteiger partial charge in [-0.05, 0) is 51.0 Å². The number of aromatic nitrogens is 1. The third kappa shape index (κ3) is 5.67. The van der Waals surface area contributed by atoms with Gasteiger partial charge >= 0.3 is 0 Å². The van der Waals surface area contributed by atoms with E-state index in [4.69, 9.17) is 5.26 Å². The van der Waals surface area contributed by atoms with Crippen molar-refractivity contribution in [3.8, 4) is 6.07 Å². The smallest absolute Gasteiger partial charge is 0.191 e. The summed E-state index contributed by atoms with van der Waals surface area (Å²) in [7, 11) is 0. The second-order valence-electron chi connectivity index (χ2n) is 7.16. The van der Waals surface area contributed by atoms with Gasteiger partial charge in [-0.25, -0.2) is 14.4 Å². The number of rotatable bonds is 5. The molecule has 3 rings (SSSR count). The van der Waals surface area contributed by atoms with Crippen LogP contribution >= 0.6 is 0 Å². The number of guanidine groups is 1. The van der Waals surface area contributed by atoms with Gasteiger partial charge in [-0.15, -0.1) is 0 Å². The molecule has 0 spiro atoms. The summed E-state index contributed by atoms with van der Waals surface area (Å²) in [5, 5.41) is 15.6. The molecule has 1 aliphatic heterocycles. The van der Waals surface area contributed by atoms with Crippen LogP contribution in [0.25, 0.3) is 0 Å². The highest BCUT2D eigenvalue weighted by atomic mass is 19.1. The molecule has 0 radical (unpaired) electrons. The van der Waals surface area contributed by atoms with Gasteiger partial charge in [-0.2, -0.15) is 5.26 Å². The Balaban J connectivity index is 1.58. The van der Waals surface area contributed by atoms with Gasteiger partial charge in [0.15, 0.2) is 5.96 Å². The van der Waals surface area contributed by atoms with Gasteiger partial charge < -0.3 is 15.5 Å². The number of nitriles is 1. The summed E-state index contributed by atoms with van der Waals surface area (Å²) in [5.41, 5.74) is 1.82. The molecule has 0 aliphatic carbocycles. The average molecular weight is 394 g/mol. The Labute approximate surface area is 171 Å². The molecule has 2 aromatic rings. The van der Waals surface area contributed by atoms with Gasteiger partial charge in [0.25, 0.3) is 0 Å². The zero-order valence-corrected chi connectivity index (χ0v) is 17.0. The first-order valence-corrected chi connectivity index (χ1v) is 10.0. The van der Waals surface area contributed by atoms with Crippen LogP contribution in [0.3, 0.4) is 0 Å². The number of pyridine rings is 1. The van der Waals surface area contributed by atoms with Crippen molar-refractivity contribution >= 4 is 11.8 Å². The highest BCUT2D eigenvalue weighted by Gasteiger charge is 2.21. The number of aliphatic imine (C=N–C) groups is 1. The number of benzene rings is 1. The van der Waals surface area contributed by atoms with E-state index in [1.54, 1.807) is 12.1 Å². The molecule has 0 saturated carbocycles. The van der Waals surface area contributed by atoms with Crippen LogP contribution in [0.1, 0.15) is 36.6 Å². The second-order valence-corrected chi connectivity index (χ2v) is 7.16. The maximum atomic E-state index is 14.1. The molecule has 0 bridgehead atoms. The third-order valence-corrected chi connectivity index (χ3v) is 4.97. The van der Waals surface area contributed by atoms with Crippen LogP contribution in [-0.4, -0.2) is 36.6 Å². The Hall–Kier alpha value is -3.14. The third-order valence-electron chi connectivity index (χ3n) is 4.97. The summed E-state index contributed by atoms with van der Waals surface area (Å²) in [6, 6.07) is 12.8. The minimum Gasteiger partial charge on any atom is -0.357 e. The molecule has 1 aromatic heterocycles. The maximum Gasteiger partial charge on any atom is 0.191 e. The van der Waals surface area contributed by atoms with E-state index in [0.717, 1.165) is 44.0 Å². The molecule has 0 atom stereocenters. The fraction of sp³-hybridized carbons (Fsp3) is 0.409. The van der Waals surface area contributed by atoms with Crippen molar-refractivity contribution in [2.75, 3.05) is 24.5 Å². The lowest BCUT2D eigenvalue weighted by Gasteiger charge is -2.34. The van der Waals surface area contributed by atoms with Crippen molar-refractivity contribution in [1.82, 2.24) is 15.6 Å². The predicted octanol–water partition coefficient (Wildman–Crippen LogP) is 3.12. The summed E-state index contributed by atoms with van der Waals surface area (Å²) in [5.74, 6) is 1.31. The van der Waals surface area contributed by atoms with Crippen LogP contribution < -0.4 is 15.5 Å². The number of hydrogen-bond donors (Lipinski definition) is 2. The van der Waals surface area contributed by atoms with E-state index in [1.165, 1.54) is 6.07 Å². The summed E-state index contributed by atoms with van der Waals surface area (Å²) in [6.45, 7) is 6.82. The highest BCUT2D eigenvalue weighted by molar-refractivity contribution is 5.80. The maximum absolute atomic E-state index is 14.1. The fourth-order valence-corrected chi connectivity index (χ4v) is 3.38. The fourth-order valence-electron chi connectivity index (χ4n) is 3.38. The molecule has 0 unspecified atom stereocenters. The van der Waals surface area contributed by atoms with E-state index in [-0.39, 0.29) is 6.54 Å². The normalized spacial score (nSPS) is 15.1. The average Bonchev–Trinajstić information content (AvgIpc) is 2.73. The topological polar surface area (TPSA) is 76.3 Å². The molecule has 1 fully saturated rings. The van der Waals surface area contributed by atoms with Gasteiger partial charge in [-0.1, -0.05) is 12.1 Å². The number of nitrogens with one attached hydrogen (secondary N) is 2. The molecule has 1 aliphatic rings. The molecule has 2 heterocycles. The number of piperidine rings is 1. The van der Waals surface area contributed by atoms with Crippen molar-refractivity contribution in [2.45, 2.75) is 39.3 Å². The summed E-state index contributed by atoms with van der Waals surface area (Å²) in [4.78, 5) is 11.4. The quantitative estimate of drug-likeness (QED) is 0.602. The van der Waals surface area contributed by atoms with Gasteiger partial charge in [0.1, 0.15) is 11.6 Å². The zero-order chi connectivity index (χ0) is 20.6. The first-order valence-electron chi connectivity index (χ1n) is 10.0. The molecular formula is C22H27FN6. The molecule has 1 saturated heterocycles. The lowest BCUT2D eigenvalue weighted by molar-refractivity contribution is 0.459. The Morgan fingerprint density at radius 3 is 2.76 bits per heavy atom. The Kier molecular flexibility index (Phi) is 7.01. The molecule has 2 N–H and O–H groups in total. The first-order chi connectivity index (χ1) is 14.1. The van der Waals surface area contributed by atoms with E-state index < -0.39 is 5.82 Å². The van der Waals surface area contributed by atoms with Crippen LogP contribution in [0.4, 0.5) is 10.2 Å². The lowest BCUT2D eigenvalue weighted by Crippen LogP contribution is -2.48. The number of aryl methyl sites for hydroxylation is 1. The van der Waals surface area contributed by atoms with E-state index in [9.17, 15) is 4.39 Å². The van der Waals surface area contributed by atoms with Crippen molar-refractivity contribution in [3.05, 3.63) is 59.0 Å². The Morgan fingerprint density at radius 1 is 1.31 bits per heavy atom. The van der Waals surface area contributed by atoms with Crippen molar-refractivity contribution in [1.29, 1.82) is 5.26 Å². The molecular weight excluding hydrogens is 367 g/mol. The van der Waals surface area contributed by atoms with Gasteiger partial charge in [0.05, 0.1) is 18.2 Å². The van der Waals surface area contributed by atoms with Crippen LogP contribution in [-0.2, 0) is 6.54 Å². The van der Waals surface area contributed by atoms with E-state index in [0.29, 0.717) is 23.1 Å². The minimum atomic E-state index is -0.400. The van der Waals surface area contributed by atoms with E-state index >= 15 is 0 Å². The Bertz CT molecular complexity index is 896. The summed E-state index contributed by atoms with van der Waals surface area (Å²) in [6.07, 6.45) is 1.95. The monoisotopic (exact) mass is 394 g/mol.